The number of nitrogens with zero attached hydrogens (tertiary/aromatic N) is 2. The third-order valence-electron chi connectivity index (χ3n) is 7.63. The number of carbonyl (C=O) groups is 3. The molecular weight excluding hydrogens is 490 g/mol. The van der Waals surface area contributed by atoms with Crippen molar-refractivity contribution in [2.75, 3.05) is 13.7 Å². The molecular formula is C32H27N3O4. The molecule has 194 valence electrons. The van der Waals surface area contributed by atoms with E-state index >= 15 is 0 Å². The van der Waals surface area contributed by atoms with E-state index in [1.807, 2.05) is 103 Å². The number of hydrogen-bond acceptors (Lipinski definition) is 4. The summed E-state index contributed by atoms with van der Waals surface area (Å²) >= 11 is 0. The SMILES string of the molecule is COc1ccc2cc([C@@]3(C)NC(=O)N(CC(=O)c4c(-c5ccccc5)n(C)c5ccccc45)C3=O)ccc2c1. The number of benzene rings is 4. The first-order valence-electron chi connectivity index (χ1n) is 12.7. The molecule has 1 aliphatic rings. The second-order valence-corrected chi connectivity index (χ2v) is 9.96. The van der Waals surface area contributed by atoms with Gasteiger partial charge < -0.3 is 14.6 Å². The molecule has 0 bridgehead atoms. The molecule has 7 heteroatoms. The van der Waals surface area contributed by atoms with Crippen molar-refractivity contribution in [3.05, 3.63) is 102 Å². The van der Waals surface area contributed by atoms with Crippen LogP contribution in [0.3, 0.4) is 0 Å². The van der Waals surface area contributed by atoms with E-state index in [0.29, 0.717) is 11.1 Å². The zero-order chi connectivity index (χ0) is 27.3. The molecule has 4 aromatic carbocycles. The Hall–Kier alpha value is -4.91. The minimum Gasteiger partial charge on any atom is -0.497 e. The van der Waals surface area contributed by atoms with E-state index in [-0.39, 0.29) is 12.3 Å². The number of aryl methyl sites for hydroxylation is 1. The van der Waals surface area contributed by atoms with Crippen molar-refractivity contribution in [3.63, 3.8) is 0 Å². The fourth-order valence-corrected chi connectivity index (χ4v) is 5.53. The molecule has 1 fully saturated rings. The van der Waals surface area contributed by atoms with Gasteiger partial charge in [0.05, 0.1) is 24.9 Å². The van der Waals surface area contributed by atoms with Gasteiger partial charge in [0.25, 0.3) is 5.91 Å². The maximum atomic E-state index is 13.9. The first-order chi connectivity index (χ1) is 18.8. The summed E-state index contributed by atoms with van der Waals surface area (Å²) in [5.74, 6) is -0.0288. The quantitative estimate of drug-likeness (QED) is 0.233. The van der Waals surface area contributed by atoms with Crippen LogP contribution in [0, 0.1) is 0 Å². The Kier molecular flexibility index (Phi) is 5.72. The van der Waals surface area contributed by atoms with E-state index in [2.05, 4.69) is 5.32 Å². The third-order valence-corrected chi connectivity index (χ3v) is 7.63. The lowest BCUT2D eigenvalue weighted by Crippen LogP contribution is -2.41. The van der Waals surface area contributed by atoms with Gasteiger partial charge in [-0.25, -0.2) is 4.79 Å². The summed E-state index contributed by atoms with van der Waals surface area (Å²) in [6.07, 6.45) is 0. The number of nitrogens with one attached hydrogen (secondary N) is 1. The van der Waals surface area contributed by atoms with Gasteiger partial charge in [0, 0.05) is 18.0 Å². The highest BCUT2D eigenvalue weighted by Gasteiger charge is 2.49. The van der Waals surface area contributed by atoms with E-state index in [4.69, 9.17) is 4.74 Å². The second-order valence-electron chi connectivity index (χ2n) is 9.96. The van der Waals surface area contributed by atoms with E-state index in [0.717, 1.165) is 43.6 Å². The Bertz CT molecular complexity index is 1790. The first kappa shape index (κ1) is 24.4. The predicted molar refractivity (Wildman–Crippen MR) is 151 cm³/mol. The number of urea groups is 1. The number of imide groups is 1. The molecule has 2 heterocycles. The maximum absolute atomic E-state index is 13.9. The Balaban J connectivity index is 1.36. The van der Waals surface area contributed by atoms with Crippen molar-refractivity contribution in [1.29, 1.82) is 0 Å². The van der Waals surface area contributed by atoms with E-state index in [1.165, 1.54) is 0 Å². The minimum atomic E-state index is -1.30. The number of methoxy groups -OCH3 is 1. The van der Waals surface area contributed by atoms with Gasteiger partial charge in [0.2, 0.25) is 0 Å². The van der Waals surface area contributed by atoms with Crippen molar-refractivity contribution in [2.24, 2.45) is 7.05 Å². The van der Waals surface area contributed by atoms with Crippen LogP contribution in [0.2, 0.25) is 0 Å². The van der Waals surface area contributed by atoms with Crippen LogP contribution in [0.4, 0.5) is 4.79 Å². The van der Waals surface area contributed by atoms with Crippen LogP contribution >= 0.6 is 0 Å². The standard InChI is InChI=1S/C32H27N3O4/c1-32(23-15-13-22-18-24(39-3)16-14-21(22)17-23)30(37)35(31(38)33-32)19-27(36)28-25-11-7-8-12-26(25)34(2)29(28)20-9-5-4-6-10-20/h4-18H,19H2,1-3H3,(H,33,38)/t32-/m1/s1. The van der Waals surface area contributed by atoms with Crippen molar-refractivity contribution < 1.29 is 19.1 Å². The summed E-state index contributed by atoms with van der Waals surface area (Å²) in [6, 6.07) is 28.0. The Labute approximate surface area is 225 Å². The summed E-state index contributed by atoms with van der Waals surface area (Å²) in [5, 5.41) is 5.48. The van der Waals surface area contributed by atoms with E-state index in [9.17, 15) is 14.4 Å². The van der Waals surface area contributed by atoms with Gasteiger partial charge in [0.1, 0.15) is 11.3 Å². The fraction of sp³-hybridized carbons (Fsp3) is 0.156. The highest BCUT2D eigenvalue weighted by Crippen LogP contribution is 2.35. The molecule has 1 atom stereocenters. The van der Waals surface area contributed by atoms with Gasteiger partial charge >= 0.3 is 6.03 Å². The molecule has 1 N–H and O–H groups in total. The molecule has 0 radical (unpaired) electrons. The highest BCUT2D eigenvalue weighted by molar-refractivity contribution is 6.17. The first-order valence-corrected chi connectivity index (χ1v) is 12.7. The van der Waals surface area contributed by atoms with E-state index < -0.39 is 17.5 Å². The van der Waals surface area contributed by atoms with Crippen LogP contribution in [0.1, 0.15) is 22.8 Å². The number of amides is 3. The average molecular weight is 518 g/mol. The summed E-state index contributed by atoms with van der Waals surface area (Å²) in [5.41, 5.74) is 2.37. The summed E-state index contributed by atoms with van der Waals surface area (Å²) < 4.78 is 7.29. The second kappa shape index (κ2) is 9.13. The smallest absolute Gasteiger partial charge is 0.325 e. The Morgan fingerprint density at radius 3 is 2.36 bits per heavy atom. The molecule has 1 saturated heterocycles. The maximum Gasteiger partial charge on any atom is 0.325 e. The van der Waals surface area contributed by atoms with Crippen molar-refractivity contribution >= 4 is 39.4 Å². The molecule has 0 unspecified atom stereocenters. The van der Waals surface area contributed by atoms with Gasteiger partial charge in [-0.15, -0.1) is 0 Å². The summed E-state index contributed by atoms with van der Waals surface area (Å²) in [7, 11) is 3.53. The van der Waals surface area contributed by atoms with Gasteiger partial charge in [-0.05, 0) is 53.1 Å². The number of aromatic nitrogens is 1. The number of ketones is 1. The molecule has 0 spiro atoms. The minimum absolute atomic E-state index is 0.302. The number of hydrogen-bond donors (Lipinski definition) is 1. The number of ether oxygens (including phenoxy) is 1. The molecule has 6 rings (SSSR count). The fourth-order valence-electron chi connectivity index (χ4n) is 5.53. The molecule has 5 aromatic rings. The molecule has 0 saturated carbocycles. The number of Topliss-reactive ketones (excluding diaryl/α,β-unsaturated/α-hetero) is 1. The number of fused-ring (bicyclic) bond motifs is 2. The normalized spacial score (nSPS) is 17.2. The molecule has 39 heavy (non-hydrogen) atoms. The monoisotopic (exact) mass is 517 g/mol. The van der Waals surface area contributed by atoms with Gasteiger partial charge in [0.15, 0.2) is 5.78 Å². The van der Waals surface area contributed by atoms with Gasteiger partial charge in [-0.1, -0.05) is 66.7 Å². The van der Waals surface area contributed by atoms with Gasteiger partial charge in [-0.2, -0.15) is 0 Å². The van der Waals surface area contributed by atoms with Crippen molar-refractivity contribution in [1.82, 2.24) is 14.8 Å². The van der Waals surface area contributed by atoms with Crippen molar-refractivity contribution in [2.45, 2.75) is 12.5 Å². The number of rotatable bonds is 6. The molecule has 7 nitrogen and oxygen atoms in total. The summed E-state index contributed by atoms with van der Waals surface area (Å²) in [6.45, 7) is 1.31. The van der Waals surface area contributed by atoms with Crippen molar-refractivity contribution in [3.8, 4) is 17.0 Å². The Morgan fingerprint density at radius 1 is 0.897 bits per heavy atom. The third kappa shape index (κ3) is 3.85. The molecule has 0 aliphatic carbocycles. The highest BCUT2D eigenvalue weighted by atomic mass is 16.5. The zero-order valence-corrected chi connectivity index (χ0v) is 21.9. The zero-order valence-electron chi connectivity index (χ0n) is 21.9. The molecule has 1 aromatic heterocycles. The molecule has 1 aliphatic heterocycles. The van der Waals surface area contributed by atoms with Crippen LogP contribution in [0.25, 0.3) is 32.9 Å². The lowest BCUT2D eigenvalue weighted by atomic mass is 9.90. The molecule has 3 amide bonds. The van der Waals surface area contributed by atoms with Crippen LogP contribution in [0.5, 0.6) is 5.75 Å². The van der Waals surface area contributed by atoms with Crippen LogP contribution in [-0.2, 0) is 17.4 Å². The topological polar surface area (TPSA) is 80.6 Å². The van der Waals surface area contributed by atoms with E-state index in [1.54, 1.807) is 14.0 Å². The van der Waals surface area contributed by atoms with Crippen LogP contribution in [0.15, 0.2) is 91.0 Å². The lowest BCUT2D eigenvalue weighted by molar-refractivity contribution is -0.130. The predicted octanol–water partition coefficient (Wildman–Crippen LogP) is 5.66. The van der Waals surface area contributed by atoms with Gasteiger partial charge in [-0.3, -0.25) is 14.5 Å². The summed E-state index contributed by atoms with van der Waals surface area (Å²) in [4.78, 5) is 41.8. The largest absolute Gasteiger partial charge is 0.497 e. The number of carbonyl (C=O) groups excluding carboxylic acids is 3. The number of para-hydroxylation sites is 1. The lowest BCUT2D eigenvalue weighted by Gasteiger charge is -2.22. The van der Waals surface area contributed by atoms with Crippen LogP contribution < -0.4 is 10.1 Å². The average Bonchev–Trinajstić information content (AvgIpc) is 3.38. The van der Waals surface area contributed by atoms with Crippen LogP contribution in [-0.4, -0.2) is 40.8 Å². The Morgan fingerprint density at radius 2 is 1.59 bits per heavy atom.